The van der Waals surface area contributed by atoms with E-state index in [1.54, 1.807) is 0 Å². The van der Waals surface area contributed by atoms with Crippen LogP contribution in [0, 0.1) is 0 Å². The van der Waals surface area contributed by atoms with E-state index < -0.39 is 0 Å². The van der Waals surface area contributed by atoms with E-state index in [9.17, 15) is 4.79 Å². The summed E-state index contributed by atoms with van der Waals surface area (Å²) in [7, 11) is 0. The van der Waals surface area contributed by atoms with E-state index in [2.05, 4.69) is 29.3 Å². The lowest BCUT2D eigenvalue weighted by atomic mass is 10.0. The molecular weight excluding hydrogens is 250 g/mol. The number of hydrogen-bond acceptors (Lipinski definition) is 3. The molecule has 0 spiro atoms. The summed E-state index contributed by atoms with van der Waals surface area (Å²) in [4.78, 5) is 14.4. The van der Waals surface area contributed by atoms with Crippen molar-refractivity contribution in [2.24, 2.45) is 5.73 Å². The van der Waals surface area contributed by atoms with Crippen LogP contribution in [0.4, 0.5) is 5.69 Å². The number of nitrogens with one attached hydrogen (secondary N) is 1. The van der Waals surface area contributed by atoms with Gasteiger partial charge in [-0.15, -0.1) is 0 Å². The second-order valence-electron chi connectivity index (χ2n) is 5.47. The van der Waals surface area contributed by atoms with Gasteiger partial charge in [-0.3, -0.25) is 4.79 Å². The first kappa shape index (κ1) is 14.9. The Balaban J connectivity index is 2.22. The van der Waals surface area contributed by atoms with Gasteiger partial charge in [-0.05, 0) is 37.8 Å². The number of carbonyl (C=O) groups excluding carboxylic acids is 1. The van der Waals surface area contributed by atoms with Crippen molar-refractivity contribution in [3.05, 3.63) is 29.8 Å². The van der Waals surface area contributed by atoms with Gasteiger partial charge in [0.15, 0.2) is 0 Å². The van der Waals surface area contributed by atoms with Gasteiger partial charge in [0.25, 0.3) is 0 Å². The number of carbonyl (C=O) groups is 1. The highest BCUT2D eigenvalue weighted by molar-refractivity contribution is 5.85. The first-order chi connectivity index (χ1) is 9.65. The van der Waals surface area contributed by atoms with Crippen LogP contribution in [0.5, 0.6) is 0 Å². The first-order valence-corrected chi connectivity index (χ1v) is 7.54. The normalized spacial score (nSPS) is 19.9. The minimum Gasteiger partial charge on any atom is -0.360 e. The van der Waals surface area contributed by atoms with Crippen LogP contribution in [0.3, 0.4) is 0 Å². The van der Waals surface area contributed by atoms with Gasteiger partial charge < -0.3 is 16.0 Å². The molecule has 3 N–H and O–H groups in total. The molecular formula is C16H25N3O. The Morgan fingerprint density at radius 2 is 2.25 bits per heavy atom. The molecule has 1 amide bonds. The fourth-order valence-electron chi connectivity index (χ4n) is 2.76. The van der Waals surface area contributed by atoms with Crippen LogP contribution < -0.4 is 16.0 Å². The number of rotatable bonds is 4. The monoisotopic (exact) mass is 275 g/mol. The van der Waals surface area contributed by atoms with Crippen molar-refractivity contribution in [2.75, 3.05) is 18.0 Å². The minimum absolute atomic E-state index is 0.0714. The van der Waals surface area contributed by atoms with Crippen molar-refractivity contribution in [2.45, 2.75) is 45.2 Å². The number of para-hydroxylation sites is 1. The van der Waals surface area contributed by atoms with Crippen LogP contribution in [-0.2, 0) is 4.79 Å². The van der Waals surface area contributed by atoms with Crippen LogP contribution in [0.2, 0.25) is 0 Å². The second kappa shape index (κ2) is 6.75. The van der Waals surface area contributed by atoms with Crippen molar-refractivity contribution in [3.63, 3.8) is 0 Å². The smallest absolute Gasteiger partial charge is 0.242 e. The third-order valence-electron chi connectivity index (χ3n) is 3.96. The molecule has 0 aliphatic carbocycles. The molecule has 1 aliphatic heterocycles. The number of nitrogens with zero attached hydrogens (tertiary/aromatic N) is 1. The Morgan fingerprint density at radius 3 is 3.00 bits per heavy atom. The fourth-order valence-corrected chi connectivity index (χ4v) is 2.76. The van der Waals surface area contributed by atoms with Gasteiger partial charge in [0.1, 0.15) is 6.04 Å². The van der Waals surface area contributed by atoms with Crippen molar-refractivity contribution in [1.29, 1.82) is 0 Å². The summed E-state index contributed by atoms with van der Waals surface area (Å²) in [6, 6.07) is 8.10. The Bertz CT molecular complexity index is 461. The number of benzene rings is 1. The zero-order valence-corrected chi connectivity index (χ0v) is 12.4. The average molecular weight is 275 g/mol. The maximum absolute atomic E-state index is 12.2. The van der Waals surface area contributed by atoms with E-state index in [0.29, 0.717) is 0 Å². The molecule has 110 valence electrons. The van der Waals surface area contributed by atoms with Crippen LogP contribution in [-0.4, -0.2) is 25.0 Å². The summed E-state index contributed by atoms with van der Waals surface area (Å²) in [6.07, 6.45) is 2.94. The molecule has 20 heavy (non-hydrogen) atoms. The highest BCUT2D eigenvalue weighted by Crippen LogP contribution is 2.32. The van der Waals surface area contributed by atoms with Crippen molar-refractivity contribution < 1.29 is 4.79 Å². The van der Waals surface area contributed by atoms with Gasteiger partial charge in [-0.25, -0.2) is 0 Å². The second-order valence-corrected chi connectivity index (χ2v) is 5.47. The zero-order valence-electron chi connectivity index (χ0n) is 12.4. The Morgan fingerprint density at radius 1 is 1.50 bits per heavy atom. The molecule has 0 aromatic heterocycles. The molecule has 0 bridgehead atoms. The summed E-state index contributed by atoms with van der Waals surface area (Å²) in [5.74, 6) is 0.0946. The quantitative estimate of drug-likeness (QED) is 0.885. The van der Waals surface area contributed by atoms with Gasteiger partial charge in [0, 0.05) is 24.8 Å². The van der Waals surface area contributed by atoms with Gasteiger partial charge in [0.2, 0.25) is 5.91 Å². The largest absolute Gasteiger partial charge is 0.360 e. The molecule has 4 nitrogen and oxygen atoms in total. The summed E-state index contributed by atoms with van der Waals surface area (Å²) in [5.41, 5.74) is 8.50. The Kier molecular flexibility index (Phi) is 5.01. The minimum atomic E-state index is -0.159. The van der Waals surface area contributed by atoms with Crippen molar-refractivity contribution in [1.82, 2.24) is 5.32 Å². The molecule has 4 heteroatoms. The molecule has 0 saturated heterocycles. The van der Waals surface area contributed by atoms with Gasteiger partial charge in [0.05, 0.1) is 0 Å². The lowest BCUT2D eigenvalue weighted by Crippen LogP contribution is -2.46. The molecule has 2 rings (SSSR count). The van der Waals surface area contributed by atoms with E-state index in [0.717, 1.165) is 43.6 Å². The third kappa shape index (κ3) is 3.12. The van der Waals surface area contributed by atoms with Crippen molar-refractivity contribution >= 4 is 11.6 Å². The molecule has 1 aromatic carbocycles. The van der Waals surface area contributed by atoms with E-state index in [4.69, 9.17) is 5.73 Å². The van der Waals surface area contributed by atoms with Crippen LogP contribution in [0.15, 0.2) is 24.3 Å². The Labute approximate surface area is 121 Å². The zero-order chi connectivity index (χ0) is 14.5. The lowest BCUT2D eigenvalue weighted by Gasteiger charge is -2.30. The van der Waals surface area contributed by atoms with Gasteiger partial charge >= 0.3 is 0 Å². The first-order valence-electron chi connectivity index (χ1n) is 7.54. The third-order valence-corrected chi connectivity index (χ3v) is 3.96. The molecule has 0 fully saturated rings. The predicted molar refractivity (Wildman–Crippen MR) is 82.7 cm³/mol. The standard InChI is InChI=1S/C16H25N3O/c1-3-10-18-16(20)12(2)19-11-6-8-14(17)13-7-4-5-9-15(13)19/h4-5,7,9,12,14H,3,6,8,10-11,17H2,1-2H3,(H,18,20). The number of anilines is 1. The molecule has 0 saturated carbocycles. The van der Waals surface area contributed by atoms with E-state index >= 15 is 0 Å². The maximum Gasteiger partial charge on any atom is 0.242 e. The summed E-state index contributed by atoms with van der Waals surface area (Å²) in [5, 5.41) is 2.98. The topological polar surface area (TPSA) is 58.4 Å². The fraction of sp³-hybridized carbons (Fsp3) is 0.562. The van der Waals surface area contributed by atoms with E-state index in [1.807, 2.05) is 19.1 Å². The SMILES string of the molecule is CCCNC(=O)C(C)N1CCCC(N)c2ccccc21. The molecule has 1 aliphatic rings. The molecule has 2 atom stereocenters. The summed E-state index contributed by atoms with van der Waals surface area (Å²) < 4.78 is 0. The van der Waals surface area contributed by atoms with Gasteiger partial charge in [-0.2, -0.15) is 0 Å². The molecule has 0 radical (unpaired) electrons. The number of hydrogen-bond donors (Lipinski definition) is 2. The van der Waals surface area contributed by atoms with E-state index in [1.165, 1.54) is 0 Å². The number of fused-ring (bicyclic) bond motifs is 1. The molecule has 2 unspecified atom stereocenters. The highest BCUT2D eigenvalue weighted by Gasteiger charge is 2.26. The maximum atomic E-state index is 12.2. The van der Waals surface area contributed by atoms with Crippen LogP contribution in [0.1, 0.15) is 44.7 Å². The lowest BCUT2D eigenvalue weighted by molar-refractivity contribution is -0.122. The molecule has 1 heterocycles. The van der Waals surface area contributed by atoms with Crippen molar-refractivity contribution in [3.8, 4) is 0 Å². The number of amides is 1. The summed E-state index contributed by atoms with van der Waals surface area (Å²) in [6.45, 7) is 5.65. The number of nitrogens with two attached hydrogens (primary N) is 1. The van der Waals surface area contributed by atoms with Gasteiger partial charge in [-0.1, -0.05) is 25.1 Å². The Hall–Kier alpha value is -1.55. The average Bonchev–Trinajstić information content (AvgIpc) is 2.64. The van der Waals surface area contributed by atoms with Crippen LogP contribution in [0.25, 0.3) is 0 Å². The van der Waals surface area contributed by atoms with Crippen LogP contribution >= 0.6 is 0 Å². The summed E-state index contributed by atoms with van der Waals surface area (Å²) >= 11 is 0. The van der Waals surface area contributed by atoms with E-state index in [-0.39, 0.29) is 18.0 Å². The predicted octanol–water partition coefficient (Wildman–Crippen LogP) is 2.20. The highest BCUT2D eigenvalue weighted by atomic mass is 16.2. The molecule has 1 aromatic rings.